The molecule has 9 aromatic carbocycles. The second-order valence-electron chi connectivity index (χ2n) is 12.9. The number of furan rings is 1. The summed E-state index contributed by atoms with van der Waals surface area (Å²) in [6.07, 6.45) is 0. The number of hydrogen-bond acceptors (Lipinski definition) is 2. The van der Waals surface area contributed by atoms with Crippen molar-refractivity contribution >= 4 is 71.3 Å². The van der Waals surface area contributed by atoms with Crippen LogP contribution in [0.5, 0.6) is 0 Å². The quantitative estimate of drug-likeness (QED) is 0.175. The number of anilines is 3. The van der Waals surface area contributed by atoms with E-state index < -0.39 is 0 Å². The zero-order valence-corrected chi connectivity index (χ0v) is 27.3. The number of para-hydroxylation sites is 1. The predicted octanol–water partition coefficient (Wildman–Crippen LogP) is 13.8. The molecule has 10 aromatic rings. The van der Waals surface area contributed by atoms with Gasteiger partial charge in [-0.3, -0.25) is 0 Å². The van der Waals surface area contributed by atoms with Crippen molar-refractivity contribution in [3.05, 3.63) is 188 Å². The van der Waals surface area contributed by atoms with Crippen LogP contribution in [0, 0.1) is 0 Å². The van der Waals surface area contributed by atoms with Gasteiger partial charge in [-0.2, -0.15) is 0 Å². The first kappa shape index (κ1) is 28.4. The number of fused-ring (bicyclic) bond motifs is 7. The van der Waals surface area contributed by atoms with Crippen molar-refractivity contribution in [2.45, 2.75) is 0 Å². The summed E-state index contributed by atoms with van der Waals surface area (Å²) in [7, 11) is 0. The Hall–Kier alpha value is -6.64. The highest BCUT2D eigenvalue weighted by Crippen LogP contribution is 2.48. The average Bonchev–Trinajstić information content (AvgIpc) is 3.58. The first-order chi connectivity index (χ1) is 24.8. The standard InChI is InChI=1S/C48H31NO/c1-2-12-34(13-3-1)41-29-30-44(47-42-18-8-9-20-45(42)50-48(41)47)49(43-19-10-16-36-23-22-35-14-6-7-17-40(35)46(36)43)39-27-25-33(26-28-39)38-24-21-32-11-4-5-15-37(32)31-38/h1-31H. The summed E-state index contributed by atoms with van der Waals surface area (Å²) in [6.45, 7) is 0. The Labute approximate surface area is 290 Å². The van der Waals surface area contributed by atoms with E-state index in [2.05, 4.69) is 187 Å². The lowest BCUT2D eigenvalue weighted by atomic mass is 9.97. The minimum atomic E-state index is 0.877. The van der Waals surface area contributed by atoms with E-state index in [0.717, 1.165) is 50.1 Å². The molecule has 0 saturated carbocycles. The van der Waals surface area contributed by atoms with E-state index in [-0.39, 0.29) is 0 Å². The maximum absolute atomic E-state index is 6.74. The Morgan fingerprint density at radius 1 is 0.360 bits per heavy atom. The Morgan fingerprint density at radius 3 is 1.86 bits per heavy atom. The van der Waals surface area contributed by atoms with Crippen molar-refractivity contribution in [2.75, 3.05) is 4.90 Å². The molecule has 234 valence electrons. The molecular formula is C48H31NO. The van der Waals surface area contributed by atoms with E-state index >= 15 is 0 Å². The van der Waals surface area contributed by atoms with Crippen molar-refractivity contribution in [3.8, 4) is 22.3 Å². The van der Waals surface area contributed by atoms with Gasteiger partial charge in [0.2, 0.25) is 0 Å². The number of rotatable bonds is 5. The summed E-state index contributed by atoms with van der Waals surface area (Å²) in [6, 6.07) is 67.5. The molecule has 0 saturated heterocycles. The zero-order chi connectivity index (χ0) is 33.0. The van der Waals surface area contributed by atoms with Crippen LogP contribution in [-0.2, 0) is 0 Å². The van der Waals surface area contributed by atoms with Crippen LogP contribution in [0.2, 0.25) is 0 Å². The highest BCUT2D eigenvalue weighted by Gasteiger charge is 2.24. The largest absolute Gasteiger partial charge is 0.455 e. The minimum absolute atomic E-state index is 0.877. The van der Waals surface area contributed by atoms with Crippen molar-refractivity contribution in [1.29, 1.82) is 0 Å². The molecule has 0 amide bonds. The maximum atomic E-state index is 6.74. The SMILES string of the molecule is c1ccc(-c2ccc(N(c3ccc(-c4ccc5ccccc5c4)cc3)c3cccc4ccc5ccccc5c34)c3c2oc2ccccc23)cc1. The lowest BCUT2D eigenvalue weighted by Gasteiger charge is -2.28. The first-order valence-electron chi connectivity index (χ1n) is 17.1. The third kappa shape index (κ3) is 4.57. The molecular weight excluding hydrogens is 607 g/mol. The van der Waals surface area contributed by atoms with E-state index in [0.29, 0.717) is 0 Å². The van der Waals surface area contributed by atoms with Crippen LogP contribution in [0.3, 0.4) is 0 Å². The lowest BCUT2D eigenvalue weighted by Crippen LogP contribution is -2.11. The molecule has 1 heterocycles. The fraction of sp³-hybridized carbons (Fsp3) is 0. The molecule has 0 unspecified atom stereocenters. The topological polar surface area (TPSA) is 16.4 Å². The Morgan fingerprint density at radius 2 is 1.00 bits per heavy atom. The number of benzene rings is 9. The van der Waals surface area contributed by atoms with Gasteiger partial charge in [-0.25, -0.2) is 0 Å². The van der Waals surface area contributed by atoms with Crippen molar-refractivity contribution in [1.82, 2.24) is 0 Å². The molecule has 0 aliphatic heterocycles. The summed E-state index contributed by atoms with van der Waals surface area (Å²) in [5.41, 5.74) is 9.63. The Kier molecular flexibility index (Phi) is 6.53. The van der Waals surface area contributed by atoms with Crippen molar-refractivity contribution in [3.63, 3.8) is 0 Å². The molecule has 10 rings (SSSR count). The van der Waals surface area contributed by atoms with Gasteiger partial charge in [-0.15, -0.1) is 0 Å². The predicted molar refractivity (Wildman–Crippen MR) is 212 cm³/mol. The van der Waals surface area contributed by atoms with Crippen LogP contribution < -0.4 is 4.90 Å². The Balaban J connectivity index is 1.25. The smallest absolute Gasteiger partial charge is 0.145 e. The van der Waals surface area contributed by atoms with E-state index in [9.17, 15) is 0 Å². The van der Waals surface area contributed by atoms with E-state index in [1.54, 1.807) is 0 Å². The highest BCUT2D eigenvalue weighted by molar-refractivity contribution is 6.20. The molecule has 0 aliphatic rings. The first-order valence-corrected chi connectivity index (χ1v) is 17.1. The van der Waals surface area contributed by atoms with E-state index in [1.807, 2.05) is 6.07 Å². The summed E-state index contributed by atoms with van der Waals surface area (Å²) in [4.78, 5) is 2.43. The van der Waals surface area contributed by atoms with Crippen LogP contribution in [0.1, 0.15) is 0 Å². The molecule has 0 aliphatic carbocycles. The monoisotopic (exact) mass is 637 g/mol. The third-order valence-corrected chi connectivity index (χ3v) is 10.0. The molecule has 0 atom stereocenters. The molecule has 1 aromatic heterocycles. The minimum Gasteiger partial charge on any atom is -0.455 e. The van der Waals surface area contributed by atoms with Gasteiger partial charge in [0.25, 0.3) is 0 Å². The molecule has 0 bridgehead atoms. The van der Waals surface area contributed by atoms with E-state index in [1.165, 1.54) is 43.4 Å². The Bertz CT molecular complexity index is 2870. The van der Waals surface area contributed by atoms with Gasteiger partial charge in [-0.05, 0) is 86.1 Å². The van der Waals surface area contributed by atoms with Gasteiger partial charge in [0.1, 0.15) is 11.2 Å². The third-order valence-electron chi connectivity index (χ3n) is 10.0. The van der Waals surface area contributed by atoms with Crippen molar-refractivity contribution in [2.24, 2.45) is 0 Å². The van der Waals surface area contributed by atoms with E-state index in [4.69, 9.17) is 4.42 Å². The van der Waals surface area contributed by atoms with Crippen molar-refractivity contribution < 1.29 is 4.42 Å². The summed E-state index contributed by atoms with van der Waals surface area (Å²) < 4.78 is 6.74. The molecule has 0 spiro atoms. The van der Waals surface area contributed by atoms with Gasteiger partial charge < -0.3 is 9.32 Å². The van der Waals surface area contributed by atoms with Gasteiger partial charge in [0.15, 0.2) is 0 Å². The van der Waals surface area contributed by atoms with Gasteiger partial charge in [-0.1, -0.05) is 146 Å². The summed E-state index contributed by atoms with van der Waals surface area (Å²) in [5, 5.41) is 9.55. The highest BCUT2D eigenvalue weighted by atomic mass is 16.3. The second-order valence-corrected chi connectivity index (χ2v) is 12.9. The van der Waals surface area contributed by atoms with Crippen LogP contribution in [0.4, 0.5) is 17.1 Å². The lowest BCUT2D eigenvalue weighted by molar-refractivity contribution is 0.670. The normalized spacial score (nSPS) is 11.6. The molecule has 50 heavy (non-hydrogen) atoms. The molecule has 2 heteroatoms. The summed E-state index contributed by atoms with van der Waals surface area (Å²) in [5.74, 6) is 0. The maximum Gasteiger partial charge on any atom is 0.145 e. The zero-order valence-electron chi connectivity index (χ0n) is 27.3. The molecule has 0 fully saturated rings. The van der Waals surface area contributed by atoms with Crippen LogP contribution in [0.25, 0.3) is 76.5 Å². The number of nitrogens with zero attached hydrogens (tertiary/aromatic N) is 1. The fourth-order valence-electron chi connectivity index (χ4n) is 7.65. The van der Waals surface area contributed by atoms with Crippen LogP contribution >= 0.6 is 0 Å². The van der Waals surface area contributed by atoms with Gasteiger partial charge in [0.05, 0.1) is 16.8 Å². The number of hydrogen-bond donors (Lipinski definition) is 0. The second kappa shape index (κ2) is 11.5. The van der Waals surface area contributed by atoms with Gasteiger partial charge in [0, 0.05) is 22.0 Å². The molecule has 0 N–H and O–H groups in total. The van der Waals surface area contributed by atoms with Gasteiger partial charge >= 0.3 is 0 Å². The molecule has 0 radical (unpaired) electrons. The van der Waals surface area contributed by atoms with Crippen LogP contribution in [-0.4, -0.2) is 0 Å². The fourth-order valence-corrected chi connectivity index (χ4v) is 7.65. The summed E-state index contributed by atoms with van der Waals surface area (Å²) >= 11 is 0. The average molecular weight is 638 g/mol. The van der Waals surface area contributed by atoms with Crippen LogP contribution in [0.15, 0.2) is 192 Å². The molecule has 2 nitrogen and oxygen atoms in total.